The molecule has 1 aromatic carbocycles. The molecule has 1 aliphatic rings. The highest BCUT2D eigenvalue weighted by Crippen LogP contribution is 2.15. The third-order valence-electron chi connectivity index (χ3n) is 4.29. The number of carbonyl (C=O) groups is 3. The van der Waals surface area contributed by atoms with E-state index in [-0.39, 0.29) is 25.5 Å². The third kappa shape index (κ3) is 7.40. The van der Waals surface area contributed by atoms with E-state index in [0.29, 0.717) is 25.1 Å². The Morgan fingerprint density at radius 3 is 2.62 bits per heavy atom. The van der Waals surface area contributed by atoms with Crippen LogP contribution in [0.3, 0.4) is 0 Å². The van der Waals surface area contributed by atoms with Crippen LogP contribution in [0.25, 0.3) is 0 Å². The molecular formula is C21H27N3O5. The van der Waals surface area contributed by atoms with Crippen molar-refractivity contribution in [1.82, 2.24) is 10.2 Å². The standard InChI is InChI=1S/C21H27N3O5/c1-3-12-24(14-19(25)28-2)20(26)18(13-17-10-7-11-22-17)23-21(27)29-15-16-8-5-4-6-9-16/h4-6,8-11,18H,3,7,12-15H2,1-2H3,(H,23,27)/t18-/m0/s1. The van der Waals surface area contributed by atoms with Crippen molar-refractivity contribution >= 4 is 24.2 Å². The second kappa shape index (κ2) is 11.6. The zero-order valence-corrected chi connectivity index (χ0v) is 16.8. The minimum absolute atomic E-state index is 0.0925. The molecule has 1 aromatic rings. The molecule has 2 amide bonds. The van der Waals surface area contributed by atoms with Crippen LogP contribution in [0.4, 0.5) is 4.79 Å². The van der Waals surface area contributed by atoms with Crippen LogP contribution in [0.5, 0.6) is 0 Å². The molecule has 1 atom stereocenters. The summed E-state index contributed by atoms with van der Waals surface area (Å²) in [5, 5.41) is 2.62. The number of esters is 1. The Hall–Kier alpha value is -3.16. The third-order valence-corrected chi connectivity index (χ3v) is 4.29. The van der Waals surface area contributed by atoms with Gasteiger partial charge >= 0.3 is 12.1 Å². The number of hydrogen-bond donors (Lipinski definition) is 1. The Morgan fingerprint density at radius 2 is 2.00 bits per heavy atom. The summed E-state index contributed by atoms with van der Waals surface area (Å²) in [5.41, 5.74) is 1.55. The maximum Gasteiger partial charge on any atom is 0.408 e. The Bertz CT molecular complexity index is 761. The van der Waals surface area contributed by atoms with Crippen molar-refractivity contribution in [3.05, 3.63) is 47.7 Å². The molecule has 0 spiro atoms. The summed E-state index contributed by atoms with van der Waals surface area (Å²) < 4.78 is 9.92. The molecule has 29 heavy (non-hydrogen) atoms. The highest BCUT2D eigenvalue weighted by Gasteiger charge is 2.29. The Balaban J connectivity index is 2.05. The smallest absolute Gasteiger partial charge is 0.408 e. The maximum atomic E-state index is 13.1. The average Bonchev–Trinajstić information content (AvgIpc) is 3.24. The average molecular weight is 401 g/mol. The van der Waals surface area contributed by atoms with E-state index in [9.17, 15) is 14.4 Å². The molecule has 0 radical (unpaired) electrons. The van der Waals surface area contributed by atoms with E-state index >= 15 is 0 Å². The topological polar surface area (TPSA) is 97.3 Å². The molecule has 1 heterocycles. The molecular weight excluding hydrogens is 374 g/mol. The summed E-state index contributed by atoms with van der Waals surface area (Å²) in [7, 11) is 1.27. The molecule has 2 rings (SSSR count). The Kier molecular flexibility index (Phi) is 8.88. The SMILES string of the molecule is CCCN(CC(=O)OC)C(=O)[C@H](CC1=CCC=N1)NC(=O)OCc1ccccc1. The lowest BCUT2D eigenvalue weighted by molar-refractivity contribution is -0.147. The van der Waals surface area contributed by atoms with Gasteiger partial charge in [0.15, 0.2) is 0 Å². The maximum absolute atomic E-state index is 13.1. The second-order valence-electron chi connectivity index (χ2n) is 6.54. The molecule has 0 saturated carbocycles. The largest absolute Gasteiger partial charge is 0.468 e. The van der Waals surface area contributed by atoms with Gasteiger partial charge in [0, 0.05) is 31.3 Å². The molecule has 8 heteroatoms. The first kappa shape index (κ1) is 22.1. The summed E-state index contributed by atoms with van der Waals surface area (Å²) in [6, 6.07) is 8.36. The van der Waals surface area contributed by atoms with Crippen molar-refractivity contribution in [2.75, 3.05) is 20.2 Å². The highest BCUT2D eigenvalue weighted by atomic mass is 16.5. The monoisotopic (exact) mass is 401 g/mol. The number of carbonyl (C=O) groups excluding carboxylic acids is 3. The fourth-order valence-electron chi connectivity index (χ4n) is 2.84. The van der Waals surface area contributed by atoms with Gasteiger partial charge in [0.25, 0.3) is 0 Å². The second-order valence-corrected chi connectivity index (χ2v) is 6.54. The van der Waals surface area contributed by atoms with Crippen molar-refractivity contribution in [1.29, 1.82) is 0 Å². The van der Waals surface area contributed by atoms with Crippen LogP contribution in [0, 0.1) is 0 Å². The lowest BCUT2D eigenvalue weighted by Crippen LogP contribution is -2.50. The van der Waals surface area contributed by atoms with Crippen molar-refractivity contribution < 1.29 is 23.9 Å². The van der Waals surface area contributed by atoms with E-state index in [1.54, 1.807) is 6.21 Å². The van der Waals surface area contributed by atoms with Gasteiger partial charge in [-0.25, -0.2) is 4.79 Å². The number of nitrogens with zero attached hydrogens (tertiary/aromatic N) is 2. The molecule has 8 nitrogen and oxygen atoms in total. The van der Waals surface area contributed by atoms with Gasteiger partial charge < -0.3 is 19.7 Å². The van der Waals surface area contributed by atoms with Crippen molar-refractivity contribution in [2.45, 2.75) is 38.8 Å². The molecule has 0 saturated heterocycles. The van der Waals surface area contributed by atoms with Crippen LogP contribution in [0.2, 0.25) is 0 Å². The lowest BCUT2D eigenvalue weighted by atomic mass is 10.1. The van der Waals surface area contributed by atoms with Gasteiger partial charge in [-0.05, 0) is 12.0 Å². The molecule has 1 N–H and O–H groups in total. The minimum Gasteiger partial charge on any atom is -0.468 e. The Labute approximate surface area is 170 Å². The molecule has 0 fully saturated rings. The zero-order valence-electron chi connectivity index (χ0n) is 16.8. The van der Waals surface area contributed by atoms with Crippen molar-refractivity contribution in [2.24, 2.45) is 4.99 Å². The van der Waals surface area contributed by atoms with Crippen LogP contribution in [-0.2, 0) is 25.7 Å². The van der Waals surface area contributed by atoms with E-state index in [4.69, 9.17) is 4.74 Å². The summed E-state index contributed by atoms with van der Waals surface area (Å²) in [4.78, 5) is 42.7. The van der Waals surface area contributed by atoms with Crippen LogP contribution in [0.1, 0.15) is 31.7 Å². The molecule has 1 aliphatic heterocycles. The summed E-state index contributed by atoms with van der Waals surface area (Å²) in [5.74, 6) is -0.896. The first-order chi connectivity index (χ1) is 14.0. The predicted molar refractivity (Wildman–Crippen MR) is 108 cm³/mol. The number of allylic oxidation sites excluding steroid dienone is 1. The van der Waals surface area contributed by atoms with Gasteiger partial charge in [0.1, 0.15) is 19.2 Å². The summed E-state index contributed by atoms with van der Waals surface area (Å²) in [6.45, 7) is 2.18. The van der Waals surface area contributed by atoms with Gasteiger partial charge in [0.05, 0.1) is 7.11 Å². The van der Waals surface area contributed by atoms with Crippen LogP contribution in [-0.4, -0.2) is 55.3 Å². The summed E-state index contributed by atoms with van der Waals surface area (Å²) in [6.07, 6.45) is 4.50. The van der Waals surface area contributed by atoms with Gasteiger partial charge in [-0.2, -0.15) is 0 Å². The van der Waals surface area contributed by atoms with Gasteiger partial charge in [-0.3, -0.25) is 14.6 Å². The molecule has 0 aliphatic carbocycles. The molecule has 0 aromatic heterocycles. The fourth-order valence-corrected chi connectivity index (χ4v) is 2.84. The van der Waals surface area contributed by atoms with Crippen molar-refractivity contribution in [3.8, 4) is 0 Å². The number of aliphatic imine (C=N–C) groups is 1. The van der Waals surface area contributed by atoms with E-state index in [1.807, 2.05) is 43.3 Å². The minimum atomic E-state index is -0.893. The highest BCUT2D eigenvalue weighted by molar-refractivity contribution is 5.88. The molecule has 156 valence electrons. The number of hydrogen-bond acceptors (Lipinski definition) is 6. The van der Waals surface area contributed by atoms with Gasteiger partial charge in [-0.1, -0.05) is 43.3 Å². The van der Waals surface area contributed by atoms with Gasteiger partial charge in [-0.15, -0.1) is 0 Å². The normalized spacial score (nSPS) is 13.4. The lowest BCUT2D eigenvalue weighted by Gasteiger charge is -2.26. The molecule has 0 bridgehead atoms. The van der Waals surface area contributed by atoms with Crippen LogP contribution in [0.15, 0.2) is 47.1 Å². The zero-order chi connectivity index (χ0) is 21.1. The Morgan fingerprint density at radius 1 is 1.24 bits per heavy atom. The first-order valence-electron chi connectivity index (χ1n) is 9.57. The predicted octanol–water partition coefficient (Wildman–Crippen LogP) is 2.44. The van der Waals surface area contributed by atoms with E-state index in [2.05, 4.69) is 15.0 Å². The fraction of sp³-hybridized carbons (Fsp3) is 0.429. The van der Waals surface area contributed by atoms with E-state index in [0.717, 1.165) is 5.56 Å². The number of benzene rings is 1. The van der Waals surface area contributed by atoms with Gasteiger partial charge in [0.2, 0.25) is 5.91 Å². The van der Waals surface area contributed by atoms with E-state index in [1.165, 1.54) is 12.0 Å². The van der Waals surface area contributed by atoms with E-state index < -0.39 is 18.1 Å². The van der Waals surface area contributed by atoms with Crippen LogP contribution < -0.4 is 5.32 Å². The molecule has 0 unspecified atom stereocenters. The number of methoxy groups -OCH3 is 1. The number of alkyl carbamates (subject to hydrolysis) is 1. The number of amides is 2. The number of rotatable bonds is 10. The number of nitrogens with one attached hydrogen (secondary N) is 1. The number of ether oxygens (including phenoxy) is 2. The van der Waals surface area contributed by atoms with Crippen LogP contribution >= 0.6 is 0 Å². The van der Waals surface area contributed by atoms with Crippen molar-refractivity contribution in [3.63, 3.8) is 0 Å². The quantitative estimate of drug-likeness (QED) is 0.608. The summed E-state index contributed by atoms with van der Waals surface area (Å²) >= 11 is 0. The first-order valence-corrected chi connectivity index (χ1v) is 9.57.